The van der Waals surface area contributed by atoms with Crippen molar-refractivity contribution in [3.63, 3.8) is 0 Å². The number of para-hydroxylation sites is 1. The first-order chi connectivity index (χ1) is 12.3. The van der Waals surface area contributed by atoms with E-state index in [0.717, 1.165) is 30.8 Å². The Morgan fingerprint density at radius 2 is 1.60 bits per heavy atom. The molecule has 126 valence electrons. The molecule has 3 aromatic rings. The number of carbonyl (C=O) groups excluding carboxylic acids is 1. The first-order valence-electron chi connectivity index (χ1n) is 8.41. The molecule has 0 atom stereocenters. The van der Waals surface area contributed by atoms with E-state index in [0.29, 0.717) is 5.69 Å². The highest BCUT2D eigenvalue weighted by Crippen LogP contribution is 2.12. The molecule has 0 radical (unpaired) electrons. The van der Waals surface area contributed by atoms with Crippen LogP contribution in [0.15, 0.2) is 79.0 Å². The molecular weight excluding hydrogens is 310 g/mol. The van der Waals surface area contributed by atoms with Crippen molar-refractivity contribution in [2.45, 2.75) is 12.8 Å². The third kappa shape index (κ3) is 5.18. The molecule has 1 heterocycles. The van der Waals surface area contributed by atoms with Crippen LogP contribution >= 0.6 is 0 Å². The topological polar surface area (TPSA) is 54.0 Å². The van der Waals surface area contributed by atoms with Gasteiger partial charge in [-0.05, 0) is 42.7 Å². The van der Waals surface area contributed by atoms with Gasteiger partial charge in [0.05, 0.1) is 0 Å². The average molecular weight is 331 g/mol. The summed E-state index contributed by atoms with van der Waals surface area (Å²) in [6.45, 7) is 0.846. The molecule has 0 bridgehead atoms. The molecule has 0 fully saturated rings. The standard InChI is InChI=1S/C21H21N3O/c25-21(24-18-11-5-2-6-12-18)20-16-19(13-15-23-20)22-14-7-10-17-8-3-1-4-9-17/h1-6,8-9,11-13,15-16H,7,10,14H2,(H,22,23)(H,24,25). The van der Waals surface area contributed by atoms with Crippen molar-refractivity contribution in [1.29, 1.82) is 0 Å². The van der Waals surface area contributed by atoms with Gasteiger partial charge in [0.25, 0.3) is 5.91 Å². The lowest BCUT2D eigenvalue weighted by Gasteiger charge is -2.08. The highest BCUT2D eigenvalue weighted by atomic mass is 16.1. The van der Waals surface area contributed by atoms with Crippen LogP contribution in [0.3, 0.4) is 0 Å². The van der Waals surface area contributed by atoms with Gasteiger partial charge in [-0.15, -0.1) is 0 Å². The Labute approximate surface area is 147 Å². The SMILES string of the molecule is O=C(Nc1ccccc1)c1cc(NCCCc2ccccc2)ccn1. The van der Waals surface area contributed by atoms with Gasteiger partial charge in [0.1, 0.15) is 5.69 Å². The van der Waals surface area contributed by atoms with Crippen LogP contribution in [0.5, 0.6) is 0 Å². The van der Waals surface area contributed by atoms with Crippen LogP contribution in [-0.4, -0.2) is 17.4 Å². The highest BCUT2D eigenvalue weighted by Gasteiger charge is 2.08. The zero-order chi connectivity index (χ0) is 17.3. The lowest BCUT2D eigenvalue weighted by molar-refractivity contribution is 0.102. The third-order valence-electron chi connectivity index (χ3n) is 3.84. The number of rotatable bonds is 7. The number of aryl methyl sites for hydroxylation is 1. The summed E-state index contributed by atoms with van der Waals surface area (Å²) >= 11 is 0. The normalized spacial score (nSPS) is 10.2. The van der Waals surface area contributed by atoms with Crippen LogP contribution < -0.4 is 10.6 Å². The van der Waals surface area contributed by atoms with Crippen molar-refractivity contribution in [2.24, 2.45) is 0 Å². The summed E-state index contributed by atoms with van der Waals surface area (Å²) in [7, 11) is 0. The number of nitrogens with zero attached hydrogens (tertiary/aromatic N) is 1. The lowest BCUT2D eigenvalue weighted by Crippen LogP contribution is -2.14. The average Bonchev–Trinajstić information content (AvgIpc) is 2.67. The second kappa shape index (κ2) is 8.64. The van der Waals surface area contributed by atoms with E-state index in [9.17, 15) is 4.79 Å². The summed E-state index contributed by atoms with van der Waals surface area (Å²) in [5.74, 6) is -0.209. The van der Waals surface area contributed by atoms with Crippen molar-refractivity contribution >= 4 is 17.3 Å². The quantitative estimate of drug-likeness (QED) is 0.632. The summed E-state index contributed by atoms with van der Waals surface area (Å²) < 4.78 is 0. The van der Waals surface area contributed by atoms with Crippen molar-refractivity contribution in [1.82, 2.24) is 4.98 Å². The Morgan fingerprint density at radius 1 is 0.880 bits per heavy atom. The van der Waals surface area contributed by atoms with Gasteiger partial charge in [-0.1, -0.05) is 48.5 Å². The fourth-order valence-electron chi connectivity index (χ4n) is 2.55. The molecule has 0 saturated heterocycles. The third-order valence-corrected chi connectivity index (χ3v) is 3.84. The molecule has 4 heteroatoms. The number of amides is 1. The minimum atomic E-state index is -0.209. The van der Waals surface area contributed by atoms with Crippen LogP contribution in [0, 0.1) is 0 Å². The Bertz CT molecular complexity index is 804. The van der Waals surface area contributed by atoms with E-state index < -0.39 is 0 Å². The maximum absolute atomic E-state index is 12.3. The largest absolute Gasteiger partial charge is 0.385 e. The van der Waals surface area contributed by atoms with Crippen LogP contribution in [0.1, 0.15) is 22.5 Å². The molecule has 4 nitrogen and oxygen atoms in total. The summed E-state index contributed by atoms with van der Waals surface area (Å²) in [4.78, 5) is 16.4. The van der Waals surface area contributed by atoms with Gasteiger partial charge in [0.2, 0.25) is 0 Å². The first kappa shape index (κ1) is 16.7. The number of aromatic nitrogens is 1. The number of hydrogen-bond donors (Lipinski definition) is 2. The molecule has 2 aromatic carbocycles. The summed E-state index contributed by atoms with van der Waals surface area (Å²) in [6, 6.07) is 23.5. The zero-order valence-electron chi connectivity index (χ0n) is 14.0. The van der Waals surface area contributed by atoms with Gasteiger partial charge in [0.15, 0.2) is 0 Å². The molecule has 0 aliphatic rings. The zero-order valence-corrected chi connectivity index (χ0v) is 14.0. The van der Waals surface area contributed by atoms with Crippen molar-refractivity contribution in [3.8, 4) is 0 Å². The van der Waals surface area contributed by atoms with E-state index in [-0.39, 0.29) is 5.91 Å². The van der Waals surface area contributed by atoms with E-state index >= 15 is 0 Å². The van der Waals surface area contributed by atoms with E-state index in [1.54, 1.807) is 12.3 Å². The maximum atomic E-state index is 12.3. The molecular formula is C21H21N3O. The van der Waals surface area contributed by atoms with Crippen LogP contribution in [0.2, 0.25) is 0 Å². The molecule has 2 N–H and O–H groups in total. The number of carbonyl (C=O) groups is 1. The molecule has 1 aromatic heterocycles. The molecule has 25 heavy (non-hydrogen) atoms. The monoisotopic (exact) mass is 331 g/mol. The maximum Gasteiger partial charge on any atom is 0.274 e. The Kier molecular flexibility index (Phi) is 5.77. The lowest BCUT2D eigenvalue weighted by atomic mass is 10.1. The van der Waals surface area contributed by atoms with E-state index in [2.05, 4.69) is 39.9 Å². The fourth-order valence-corrected chi connectivity index (χ4v) is 2.55. The van der Waals surface area contributed by atoms with Crippen LogP contribution in [0.4, 0.5) is 11.4 Å². The number of hydrogen-bond acceptors (Lipinski definition) is 3. The Morgan fingerprint density at radius 3 is 2.36 bits per heavy atom. The number of anilines is 2. The second-order valence-electron chi connectivity index (χ2n) is 5.77. The highest BCUT2D eigenvalue weighted by molar-refractivity contribution is 6.03. The van der Waals surface area contributed by atoms with Gasteiger partial charge in [-0.25, -0.2) is 0 Å². The van der Waals surface area contributed by atoms with Gasteiger partial charge in [-0.2, -0.15) is 0 Å². The smallest absolute Gasteiger partial charge is 0.274 e. The van der Waals surface area contributed by atoms with Gasteiger partial charge in [-0.3, -0.25) is 9.78 Å². The summed E-state index contributed by atoms with van der Waals surface area (Å²) in [5.41, 5.74) is 3.40. The predicted octanol–water partition coefficient (Wildman–Crippen LogP) is 4.38. The Hall–Kier alpha value is -3.14. The van der Waals surface area contributed by atoms with E-state index in [4.69, 9.17) is 0 Å². The van der Waals surface area contributed by atoms with Gasteiger partial charge in [0, 0.05) is 24.1 Å². The molecule has 0 spiro atoms. The number of nitrogens with one attached hydrogen (secondary N) is 2. The van der Waals surface area contributed by atoms with Gasteiger partial charge < -0.3 is 10.6 Å². The molecule has 0 aliphatic carbocycles. The Balaban J connectivity index is 1.51. The predicted molar refractivity (Wildman–Crippen MR) is 102 cm³/mol. The molecule has 0 unspecified atom stereocenters. The molecule has 0 aliphatic heterocycles. The fraction of sp³-hybridized carbons (Fsp3) is 0.143. The molecule has 3 rings (SSSR count). The second-order valence-corrected chi connectivity index (χ2v) is 5.77. The minimum Gasteiger partial charge on any atom is -0.385 e. The van der Waals surface area contributed by atoms with E-state index in [1.807, 2.05) is 42.5 Å². The van der Waals surface area contributed by atoms with Crippen molar-refractivity contribution in [2.75, 3.05) is 17.2 Å². The minimum absolute atomic E-state index is 0.209. The van der Waals surface area contributed by atoms with Crippen LogP contribution in [0.25, 0.3) is 0 Å². The summed E-state index contributed by atoms with van der Waals surface area (Å²) in [5, 5.41) is 6.20. The van der Waals surface area contributed by atoms with Crippen molar-refractivity contribution in [3.05, 3.63) is 90.3 Å². The first-order valence-corrected chi connectivity index (χ1v) is 8.41. The molecule has 0 saturated carbocycles. The van der Waals surface area contributed by atoms with E-state index in [1.165, 1.54) is 5.56 Å². The van der Waals surface area contributed by atoms with Gasteiger partial charge >= 0.3 is 0 Å². The molecule has 1 amide bonds. The number of benzene rings is 2. The summed E-state index contributed by atoms with van der Waals surface area (Å²) in [6.07, 6.45) is 3.71. The number of pyridine rings is 1. The van der Waals surface area contributed by atoms with Crippen LogP contribution in [-0.2, 0) is 6.42 Å². The van der Waals surface area contributed by atoms with Crippen molar-refractivity contribution < 1.29 is 4.79 Å².